The van der Waals surface area contributed by atoms with Gasteiger partial charge in [-0.1, -0.05) is 0 Å². The number of halogens is 3. The number of alkyl halides is 3. The third-order valence-corrected chi connectivity index (χ3v) is 2.40. The molecule has 13 heavy (non-hydrogen) atoms. The van der Waals surface area contributed by atoms with Gasteiger partial charge in [-0.3, -0.25) is 4.99 Å². The molecule has 0 aromatic carbocycles. The lowest BCUT2D eigenvalue weighted by molar-refractivity contribution is -0.0610. The first-order valence-electron chi connectivity index (χ1n) is 4.11. The summed E-state index contributed by atoms with van der Waals surface area (Å²) < 4.78 is 36.7. The molecule has 1 N–H and O–H groups in total. The summed E-state index contributed by atoms with van der Waals surface area (Å²) in [5.74, 6) is 0.00845. The summed E-state index contributed by atoms with van der Waals surface area (Å²) >= 11 is 0. The average Bonchev–Trinajstić information content (AvgIpc) is 2.47. The van der Waals surface area contributed by atoms with Crippen LogP contribution < -0.4 is 5.32 Å². The zero-order chi connectivity index (χ0) is 9.47. The summed E-state index contributed by atoms with van der Waals surface area (Å²) in [7, 11) is 0. The van der Waals surface area contributed by atoms with E-state index >= 15 is 0 Å². The number of nitrogens with one attached hydrogen (secondary N) is 1. The van der Waals surface area contributed by atoms with Crippen LogP contribution in [0.2, 0.25) is 0 Å². The van der Waals surface area contributed by atoms with Crippen LogP contribution in [0.15, 0.2) is 16.8 Å². The molecule has 1 saturated heterocycles. The lowest BCUT2D eigenvalue weighted by atomic mass is 9.95. The number of hydrogen-bond donors (Lipinski definition) is 1. The van der Waals surface area contributed by atoms with E-state index in [4.69, 9.17) is 0 Å². The van der Waals surface area contributed by atoms with Crippen molar-refractivity contribution >= 4 is 5.71 Å². The molecule has 2 aliphatic rings. The molecule has 0 bridgehead atoms. The van der Waals surface area contributed by atoms with Crippen LogP contribution >= 0.6 is 0 Å². The third kappa shape index (κ3) is 1.60. The van der Waals surface area contributed by atoms with Gasteiger partial charge in [0.15, 0.2) is 0 Å². The van der Waals surface area contributed by atoms with E-state index in [-0.39, 0.29) is 12.3 Å². The van der Waals surface area contributed by atoms with E-state index in [1.807, 2.05) is 0 Å². The van der Waals surface area contributed by atoms with E-state index in [1.165, 1.54) is 6.20 Å². The summed E-state index contributed by atoms with van der Waals surface area (Å²) in [6.07, 6.45) is -2.87. The molecule has 0 aromatic heterocycles. The first-order valence-corrected chi connectivity index (χ1v) is 4.11. The highest BCUT2D eigenvalue weighted by atomic mass is 19.4. The molecular formula is C8H9F3N2. The Kier molecular flexibility index (Phi) is 1.91. The van der Waals surface area contributed by atoms with Crippen molar-refractivity contribution in [2.24, 2.45) is 10.9 Å². The van der Waals surface area contributed by atoms with Gasteiger partial charge in [-0.25, -0.2) is 0 Å². The van der Waals surface area contributed by atoms with Crippen LogP contribution in [0.3, 0.4) is 0 Å². The van der Waals surface area contributed by atoms with Gasteiger partial charge < -0.3 is 5.32 Å². The maximum absolute atomic E-state index is 12.2. The van der Waals surface area contributed by atoms with Gasteiger partial charge in [0, 0.05) is 31.6 Å². The standard InChI is InChI=1S/C8H9F3N2/c9-8(10,11)7-1-5-2-12-3-6(5)4-13-7/h4-5,12H,1-3H2. The van der Waals surface area contributed by atoms with E-state index in [9.17, 15) is 13.2 Å². The van der Waals surface area contributed by atoms with Gasteiger partial charge in [-0.2, -0.15) is 13.2 Å². The van der Waals surface area contributed by atoms with Gasteiger partial charge in [0.1, 0.15) is 5.71 Å². The Labute approximate surface area is 73.5 Å². The van der Waals surface area contributed by atoms with Gasteiger partial charge >= 0.3 is 6.18 Å². The van der Waals surface area contributed by atoms with Crippen molar-refractivity contribution < 1.29 is 13.2 Å². The normalized spacial score (nSPS) is 28.1. The van der Waals surface area contributed by atoms with Crippen molar-refractivity contribution in [1.29, 1.82) is 0 Å². The summed E-state index contributed by atoms with van der Waals surface area (Å²) in [6.45, 7) is 1.32. The summed E-state index contributed by atoms with van der Waals surface area (Å²) in [5.41, 5.74) is 0.345. The minimum atomic E-state index is -4.26. The molecule has 0 aromatic rings. The Balaban J connectivity index is 2.19. The molecule has 1 unspecified atom stereocenters. The van der Waals surface area contributed by atoms with Crippen LogP contribution in [0.4, 0.5) is 13.2 Å². The maximum atomic E-state index is 12.2. The zero-order valence-corrected chi connectivity index (χ0v) is 6.86. The van der Waals surface area contributed by atoms with Crippen LogP contribution in [0, 0.1) is 5.92 Å². The van der Waals surface area contributed by atoms with E-state index in [0.29, 0.717) is 13.1 Å². The predicted molar refractivity (Wildman–Crippen MR) is 42.5 cm³/mol. The largest absolute Gasteiger partial charge is 0.429 e. The van der Waals surface area contributed by atoms with Gasteiger partial charge in [-0.15, -0.1) is 0 Å². The molecule has 0 amide bonds. The van der Waals surface area contributed by atoms with Crippen LogP contribution in [0.5, 0.6) is 0 Å². The summed E-state index contributed by atoms with van der Waals surface area (Å²) in [6, 6.07) is 0. The minimum Gasteiger partial charge on any atom is -0.312 e. The molecule has 72 valence electrons. The number of rotatable bonds is 0. The molecule has 5 heteroatoms. The van der Waals surface area contributed by atoms with E-state index < -0.39 is 11.9 Å². The van der Waals surface area contributed by atoms with E-state index in [0.717, 1.165) is 5.57 Å². The first-order chi connectivity index (χ1) is 6.07. The topological polar surface area (TPSA) is 24.4 Å². The van der Waals surface area contributed by atoms with Crippen molar-refractivity contribution in [3.8, 4) is 0 Å². The van der Waals surface area contributed by atoms with Gasteiger partial charge in [0.2, 0.25) is 0 Å². The van der Waals surface area contributed by atoms with Crippen LogP contribution in [0.25, 0.3) is 0 Å². The van der Waals surface area contributed by atoms with Gasteiger partial charge in [0.05, 0.1) is 0 Å². The third-order valence-electron chi connectivity index (χ3n) is 2.40. The molecule has 1 atom stereocenters. The highest BCUT2D eigenvalue weighted by Crippen LogP contribution is 2.30. The lowest BCUT2D eigenvalue weighted by Crippen LogP contribution is -2.28. The summed E-state index contributed by atoms with van der Waals surface area (Å²) in [4.78, 5) is 3.43. The van der Waals surface area contributed by atoms with E-state index in [1.54, 1.807) is 0 Å². The SMILES string of the molecule is FC(F)(F)C1=NC=C2CNCC2C1. The highest BCUT2D eigenvalue weighted by molar-refractivity contribution is 5.91. The average molecular weight is 190 g/mol. The number of aliphatic imine (C=N–C) groups is 1. The van der Waals surface area contributed by atoms with Crippen molar-refractivity contribution in [2.75, 3.05) is 13.1 Å². The van der Waals surface area contributed by atoms with Crippen molar-refractivity contribution in [1.82, 2.24) is 5.32 Å². The second-order valence-corrected chi connectivity index (χ2v) is 3.31. The Morgan fingerprint density at radius 1 is 1.46 bits per heavy atom. The molecule has 1 fully saturated rings. The smallest absolute Gasteiger partial charge is 0.312 e. The molecule has 0 saturated carbocycles. The maximum Gasteiger partial charge on any atom is 0.429 e. The summed E-state index contributed by atoms with van der Waals surface area (Å²) in [5, 5.41) is 3.03. The van der Waals surface area contributed by atoms with Crippen molar-refractivity contribution in [2.45, 2.75) is 12.6 Å². The van der Waals surface area contributed by atoms with Gasteiger partial charge in [0.25, 0.3) is 0 Å². The Bertz CT molecular complexity index is 278. The molecule has 0 aliphatic carbocycles. The predicted octanol–water partition coefficient (Wildman–Crippen LogP) is 1.50. The van der Waals surface area contributed by atoms with Gasteiger partial charge in [-0.05, 0) is 5.57 Å². The zero-order valence-electron chi connectivity index (χ0n) is 6.86. The second-order valence-electron chi connectivity index (χ2n) is 3.31. The fourth-order valence-electron chi connectivity index (χ4n) is 1.66. The van der Waals surface area contributed by atoms with Crippen molar-refractivity contribution in [3.63, 3.8) is 0 Å². The van der Waals surface area contributed by atoms with E-state index in [2.05, 4.69) is 10.3 Å². The first kappa shape index (κ1) is 8.74. The molecule has 0 radical (unpaired) electrons. The van der Waals surface area contributed by atoms with Crippen LogP contribution in [-0.2, 0) is 0 Å². The number of hydrogen-bond acceptors (Lipinski definition) is 2. The second kappa shape index (κ2) is 2.83. The fraction of sp³-hybridized carbons (Fsp3) is 0.625. The Hall–Kier alpha value is -0.840. The monoisotopic (exact) mass is 190 g/mol. The number of fused-ring (bicyclic) bond motifs is 1. The minimum absolute atomic E-state index is 0.00845. The van der Waals surface area contributed by atoms with Crippen LogP contribution in [-0.4, -0.2) is 25.0 Å². The molecule has 2 nitrogen and oxygen atoms in total. The Morgan fingerprint density at radius 2 is 2.23 bits per heavy atom. The highest BCUT2D eigenvalue weighted by Gasteiger charge is 2.39. The molecule has 2 aliphatic heterocycles. The molecular weight excluding hydrogens is 181 g/mol. The Morgan fingerprint density at radius 3 is 2.92 bits per heavy atom. The molecule has 2 heterocycles. The fourth-order valence-corrected chi connectivity index (χ4v) is 1.66. The number of nitrogens with zero attached hydrogens (tertiary/aromatic N) is 1. The van der Waals surface area contributed by atoms with Crippen molar-refractivity contribution in [3.05, 3.63) is 11.8 Å². The lowest BCUT2D eigenvalue weighted by Gasteiger charge is -2.18. The molecule has 2 rings (SSSR count). The van der Waals surface area contributed by atoms with Crippen LogP contribution in [0.1, 0.15) is 6.42 Å². The molecule has 0 spiro atoms. The quantitative estimate of drug-likeness (QED) is 0.615.